The van der Waals surface area contributed by atoms with E-state index in [1.165, 1.54) is 18.2 Å². The van der Waals surface area contributed by atoms with E-state index in [1.807, 2.05) is 72.6 Å². The minimum atomic E-state index is -4.59. The Morgan fingerprint density at radius 2 is 1.50 bits per heavy atom. The number of carbonyl (C=O) groups is 1. The van der Waals surface area contributed by atoms with Crippen molar-refractivity contribution in [3.8, 4) is 11.5 Å². The number of rotatable bonds is 12. The number of Topliss-reactive ketones (excluding diaryl/α,β-unsaturated/α-hetero) is 1. The van der Waals surface area contributed by atoms with Crippen molar-refractivity contribution < 1.29 is 26.3 Å². The average molecular weight is 573 g/mol. The largest absolute Gasteiger partial charge is 0.485 e. The van der Waals surface area contributed by atoms with Gasteiger partial charge in [0.15, 0.2) is 17.3 Å². The number of halogens is 3. The number of carbonyl (C=O) groups excluding carboxylic acids is 1. The number of alkyl halides is 3. The van der Waals surface area contributed by atoms with Gasteiger partial charge in [-0.25, -0.2) is 4.18 Å². The van der Waals surface area contributed by atoms with E-state index in [2.05, 4.69) is 4.18 Å². The minimum absolute atomic E-state index is 0.0384. The molecular formula is C25H24Cl3NO6S. The summed E-state index contributed by atoms with van der Waals surface area (Å²) in [7, 11) is -2.75. The van der Waals surface area contributed by atoms with Gasteiger partial charge in [-0.1, -0.05) is 95.5 Å². The lowest BCUT2D eigenvalue weighted by Crippen LogP contribution is -2.25. The lowest BCUT2D eigenvalue weighted by atomic mass is 10.1. The Kier molecular flexibility index (Phi) is 10.0. The monoisotopic (exact) mass is 571 g/mol. The molecule has 3 rings (SSSR count). The molecule has 0 radical (unpaired) electrons. The fourth-order valence-electron chi connectivity index (χ4n) is 3.16. The van der Waals surface area contributed by atoms with E-state index >= 15 is 0 Å². The summed E-state index contributed by atoms with van der Waals surface area (Å²) in [6.45, 7) is 0.0874. The molecular weight excluding hydrogens is 549 g/mol. The van der Waals surface area contributed by atoms with Gasteiger partial charge in [0.05, 0.1) is 6.54 Å². The first kappa shape index (κ1) is 28.2. The highest BCUT2D eigenvalue weighted by atomic mass is 35.6. The van der Waals surface area contributed by atoms with Crippen LogP contribution in [0.5, 0.6) is 11.5 Å². The van der Waals surface area contributed by atoms with Crippen molar-refractivity contribution in [3.05, 3.63) is 95.6 Å². The van der Waals surface area contributed by atoms with Crippen LogP contribution in [0.1, 0.15) is 21.5 Å². The first-order chi connectivity index (χ1) is 17.0. The summed E-state index contributed by atoms with van der Waals surface area (Å²) in [6.07, 6.45) is 0. The molecule has 7 nitrogen and oxygen atoms in total. The van der Waals surface area contributed by atoms with Gasteiger partial charge in [-0.15, -0.1) is 0 Å². The van der Waals surface area contributed by atoms with Crippen LogP contribution in [0.4, 0.5) is 0 Å². The van der Waals surface area contributed by atoms with Crippen LogP contribution in [0.3, 0.4) is 0 Å². The smallest absolute Gasteiger partial charge is 0.449 e. The fourth-order valence-corrected chi connectivity index (χ4v) is 4.24. The van der Waals surface area contributed by atoms with Crippen LogP contribution in [0.2, 0.25) is 0 Å². The van der Waals surface area contributed by atoms with Gasteiger partial charge in [-0.3, -0.25) is 9.69 Å². The summed E-state index contributed by atoms with van der Waals surface area (Å²) >= 11 is 16.7. The summed E-state index contributed by atoms with van der Waals surface area (Å²) < 4.78 is 38.1. The van der Waals surface area contributed by atoms with E-state index in [-0.39, 0.29) is 30.4 Å². The van der Waals surface area contributed by atoms with Gasteiger partial charge in [-0.05, 0) is 36.4 Å². The zero-order chi connectivity index (χ0) is 26.2. The molecule has 0 aliphatic carbocycles. The maximum Gasteiger partial charge on any atom is 0.449 e. The first-order valence-electron chi connectivity index (χ1n) is 10.7. The van der Waals surface area contributed by atoms with Crippen molar-refractivity contribution in [1.29, 1.82) is 0 Å². The van der Waals surface area contributed by atoms with Gasteiger partial charge in [0.2, 0.25) is 3.79 Å². The molecule has 0 bridgehead atoms. The van der Waals surface area contributed by atoms with Crippen molar-refractivity contribution in [1.82, 2.24) is 4.90 Å². The molecule has 0 unspecified atom stereocenters. The molecule has 0 saturated carbocycles. The molecule has 0 atom stereocenters. The van der Waals surface area contributed by atoms with Gasteiger partial charge in [-0.2, -0.15) is 8.42 Å². The molecule has 0 aliphatic rings. The second-order valence-corrected chi connectivity index (χ2v) is 11.6. The molecule has 192 valence electrons. The van der Waals surface area contributed by atoms with Gasteiger partial charge < -0.3 is 8.92 Å². The van der Waals surface area contributed by atoms with Crippen LogP contribution in [0.25, 0.3) is 0 Å². The Bertz CT molecular complexity index is 1250. The molecule has 36 heavy (non-hydrogen) atoms. The Morgan fingerprint density at radius 3 is 2.11 bits per heavy atom. The Balaban J connectivity index is 1.77. The lowest BCUT2D eigenvalue weighted by Gasteiger charge is -2.17. The summed E-state index contributed by atoms with van der Waals surface area (Å²) in [4.78, 5) is 14.8. The van der Waals surface area contributed by atoms with Crippen LogP contribution < -0.4 is 8.92 Å². The van der Waals surface area contributed by atoms with E-state index in [9.17, 15) is 13.2 Å². The standard InChI is InChI=1S/C25H24Cl3NO6S/c1-29(15-19-8-4-2-5-9-19)16-22(30)21-12-13-23(35-36(31,32)34-18-25(26,27)28)24(14-21)33-17-20-10-6-3-7-11-20/h2-14H,15-18H2,1H3. The maximum absolute atomic E-state index is 13.0. The van der Waals surface area contributed by atoms with Crippen LogP contribution in [0, 0.1) is 0 Å². The van der Waals surface area contributed by atoms with E-state index in [1.54, 1.807) is 0 Å². The van der Waals surface area contributed by atoms with E-state index in [0.717, 1.165) is 11.1 Å². The quantitative estimate of drug-likeness (QED) is 0.207. The molecule has 0 fully saturated rings. The molecule has 11 heteroatoms. The number of ether oxygens (including phenoxy) is 1. The zero-order valence-electron chi connectivity index (χ0n) is 19.3. The number of hydrogen-bond donors (Lipinski definition) is 0. The van der Waals surface area contributed by atoms with Crippen molar-refractivity contribution >= 4 is 51.0 Å². The zero-order valence-corrected chi connectivity index (χ0v) is 22.4. The van der Waals surface area contributed by atoms with Crippen LogP contribution in [-0.4, -0.2) is 43.1 Å². The molecule has 0 amide bonds. The van der Waals surface area contributed by atoms with Crippen molar-refractivity contribution in [2.24, 2.45) is 0 Å². The third-order valence-electron chi connectivity index (χ3n) is 4.77. The Morgan fingerprint density at radius 1 is 0.889 bits per heavy atom. The normalized spacial score (nSPS) is 11.9. The highest BCUT2D eigenvalue weighted by molar-refractivity contribution is 7.82. The summed E-state index contributed by atoms with van der Waals surface area (Å²) in [5, 5.41) is 0. The third-order valence-corrected chi connectivity index (χ3v) is 5.89. The van der Waals surface area contributed by atoms with Crippen molar-refractivity contribution in [3.63, 3.8) is 0 Å². The molecule has 3 aromatic carbocycles. The highest BCUT2D eigenvalue weighted by Gasteiger charge is 2.27. The maximum atomic E-state index is 13.0. The van der Waals surface area contributed by atoms with E-state index in [4.69, 9.17) is 43.7 Å². The SMILES string of the molecule is CN(CC(=O)c1ccc(OS(=O)(=O)OCC(Cl)(Cl)Cl)c(OCc2ccccc2)c1)Cc1ccccc1. The van der Waals surface area contributed by atoms with Gasteiger partial charge in [0, 0.05) is 12.1 Å². The molecule has 0 spiro atoms. The number of benzene rings is 3. The minimum Gasteiger partial charge on any atom is -0.485 e. The van der Waals surface area contributed by atoms with Gasteiger partial charge >= 0.3 is 10.4 Å². The third kappa shape index (κ3) is 9.61. The second kappa shape index (κ2) is 12.8. The summed E-state index contributed by atoms with van der Waals surface area (Å²) in [5.41, 5.74) is 2.23. The molecule has 0 heterocycles. The fraction of sp³-hybridized carbons (Fsp3) is 0.240. The summed E-state index contributed by atoms with van der Waals surface area (Å²) in [6, 6.07) is 23.2. The highest BCUT2D eigenvalue weighted by Crippen LogP contribution is 2.32. The predicted molar refractivity (Wildman–Crippen MR) is 140 cm³/mol. The van der Waals surface area contributed by atoms with Crippen LogP contribution >= 0.6 is 34.8 Å². The van der Waals surface area contributed by atoms with E-state index in [0.29, 0.717) is 12.1 Å². The molecule has 0 N–H and O–H groups in total. The number of likely N-dealkylation sites (N-methyl/N-ethyl adjacent to an activating group) is 1. The molecule has 3 aromatic rings. The van der Waals surface area contributed by atoms with Gasteiger partial charge in [0.1, 0.15) is 13.2 Å². The van der Waals surface area contributed by atoms with Crippen LogP contribution in [-0.2, 0) is 27.7 Å². The molecule has 0 saturated heterocycles. The average Bonchev–Trinajstić information content (AvgIpc) is 2.83. The van der Waals surface area contributed by atoms with Crippen molar-refractivity contribution in [2.45, 2.75) is 16.9 Å². The predicted octanol–water partition coefficient (Wildman–Crippen LogP) is 5.59. The molecule has 0 aromatic heterocycles. The first-order valence-corrected chi connectivity index (χ1v) is 13.2. The Labute approximate surface area is 225 Å². The summed E-state index contributed by atoms with van der Waals surface area (Å²) in [5.74, 6) is -0.319. The number of hydrogen-bond acceptors (Lipinski definition) is 7. The van der Waals surface area contributed by atoms with Crippen LogP contribution in [0.15, 0.2) is 78.9 Å². The topological polar surface area (TPSA) is 82.1 Å². The number of ketones is 1. The van der Waals surface area contributed by atoms with Crippen molar-refractivity contribution in [2.75, 3.05) is 20.2 Å². The Hall–Kier alpha value is -2.33. The molecule has 0 aliphatic heterocycles. The van der Waals surface area contributed by atoms with Gasteiger partial charge in [0.25, 0.3) is 0 Å². The van der Waals surface area contributed by atoms with E-state index < -0.39 is 20.8 Å². The second-order valence-electron chi connectivity index (χ2n) is 7.89. The lowest BCUT2D eigenvalue weighted by molar-refractivity contribution is 0.0942. The number of nitrogens with zero attached hydrogens (tertiary/aromatic N) is 1.